The van der Waals surface area contributed by atoms with Gasteiger partial charge in [0.1, 0.15) is 5.82 Å². The van der Waals surface area contributed by atoms with Gasteiger partial charge >= 0.3 is 0 Å². The van der Waals surface area contributed by atoms with Crippen LogP contribution in [0.4, 0.5) is 4.39 Å². The molecule has 0 spiro atoms. The Hall–Kier alpha value is -0.930. The van der Waals surface area contributed by atoms with E-state index in [9.17, 15) is 4.39 Å². The molecule has 3 heteroatoms. The molecule has 1 atom stereocenters. The van der Waals surface area contributed by atoms with Gasteiger partial charge in [-0.15, -0.1) is 0 Å². The summed E-state index contributed by atoms with van der Waals surface area (Å²) in [7, 11) is 6.06. The van der Waals surface area contributed by atoms with Crippen molar-refractivity contribution in [3.63, 3.8) is 0 Å². The van der Waals surface area contributed by atoms with Crippen molar-refractivity contribution in [1.82, 2.24) is 10.2 Å². The maximum atomic E-state index is 13.2. The van der Waals surface area contributed by atoms with E-state index in [1.54, 1.807) is 13.0 Å². The molecule has 0 aliphatic carbocycles. The maximum Gasteiger partial charge on any atom is 0.126 e. The van der Waals surface area contributed by atoms with Gasteiger partial charge in [0, 0.05) is 6.04 Å². The van der Waals surface area contributed by atoms with E-state index in [4.69, 9.17) is 0 Å². The summed E-state index contributed by atoms with van der Waals surface area (Å²) in [6, 6.07) is 5.62. The Morgan fingerprint density at radius 1 is 1.38 bits per heavy atom. The SMILES string of the molecule is CNC(CCN(C)C)c1ccc(F)c(C)c1. The van der Waals surface area contributed by atoms with Crippen molar-refractivity contribution in [3.8, 4) is 0 Å². The summed E-state index contributed by atoms with van der Waals surface area (Å²) < 4.78 is 13.2. The molecule has 1 aromatic carbocycles. The van der Waals surface area contributed by atoms with E-state index in [0.717, 1.165) is 18.5 Å². The zero-order valence-electron chi connectivity index (χ0n) is 10.5. The van der Waals surface area contributed by atoms with E-state index in [1.807, 2.05) is 19.2 Å². The minimum Gasteiger partial charge on any atom is -0.313 e. The molecule has 0 saturated carbocycles. The first-order valence-electron chi connectivity index (χ1n) is 5.62. The smallest absolute Gasteiger partial charge is 0.126 e. The second-order valence-corrected chi connectivity index (χ2v) is 4.44. The lowest BCUT2D eigenvalue weighted by Crippen LogP contribution is -2.23. The molecule has 1 aromatic rings. The molecule has 1 N–H and O–H groups in total. The third-order valence-electron chi connectivity index (χ3n) is 2.80. The monoisotopic (exact) mass is 224 g/mol. The third kappa shape index (κ3) is 3.58. The van der Waals surface area contributed by atoms with Gasteiger partial charge in [0.2, 0.25) is 0 Å². The fraction of sp³-hybridized carbons (Fsp3) is 0.538. The fourth-order valence-electron chi connectivity index (χ4n) is 1.75. The zero-order valence-corrected chi connectivity index (χ0v) is 10.5. The van der Waals surface area contributed by atoms with Gasteiger partial charge in [-0.1, -0.05) is 12.1 Å². The lowest BCUT2D eigenvalue weighted by molar-refractivity contribution is 0.368. The van der Waals surface area contributed by atoms with Gasteiger partial charge in [0.15, 0.2) is 0 Å². The van der Waals surface area contributed by atoms with Crippen LogP contribution in [0.2, 0.25) is 0 Å². The van der Waals surface area contributed by atoms with Crippen molar-refractivity contribution in [2.24, 2.45) is 0 Å². The van der Waals surface area contributed by atoms with Crippen molar-refractivity contribution in [2.75, 3.05) is 27.7 Å². The van der Waals surface area contributed by atoms with Gasteiger partial charge in [-0.25, -0.2) is 4.39 Å². The minimum absolute atomic E-state index is 0.133. The lowest BCUT2D eigenvalue weighted by Gasteiger charge is -2.19. The van der Waals surface area contributed by atoms with Gasteiger partial charge in [0.25, 0.3) is 0 Å². The Balaban J connectivity index is 2.74. The van der Waals surface area contributed by atoms with Gasteiger partial charge in [-0.05, 0) is 58.2 Å². The normalized spacial score (nSPS) is 13.1. The second kappa shape index (κ2) is 5.97. The molecule has 16 heavy (non-hydrogen) atoms. The first-order chi connectivity index (χ1) is 7.54. The van der Waals surface area contributed by atoms with Crippen molar-refractivity contribution in [2.45, 2.75) is 19.4 Å². The minimum atomic E-state index is -0.133. The standard InChI is InChI=1S/C13H21FN2/c1-10-9-11(5-6-12(10)14)13(15-2)7-8-16(3)4/h5-6,9,13,15H,7-8H2,1-4H3. The fourth-order valence-corrected chi connectivity index (χ4v) is 1.75. The molecule has 0 saturated heterocycles. The van der Waals surface area contributed by atoms with Gasteiger partial charge in [0.05, 0.1) is 0 Å². The van der Waals surface area contributed by atoms with Crippen LogP contribution in [0, 0.1) is 12.7 Å². The number of nitrogens with zero attached hydrogens (tertiary/aromatic N) is 1. The van der Waals surface area contributed by atoms with E-state index in [1.165, 1.54) is 0 Å². The molecule has 0 fully saturated rings. The van der Waals surface area contributed by atoms with Crippen LogP contribution in [0.15, 0.2) is 18.2 Å². The number of hydrogen-bond acceptors (Lipinski definition) is 2. The Labute approximate surface area is 97.5 Å². The molecule has 0 bridgehead atoms. The summed E-state index contributed by atoms with van der Waals surface area (Å²) >= 11 is 0. The number of rotatable bonds is 5. The van der Waals surface area contributed by atoms with E-state index in [0.29, 0.717) is 11.6 Å². The van der Waals surface area contributed by atoms with Crippen molar-refractivity contribution in [1.29, 1.82) is 0 Å². The van der Waals surface area contributed by atoms with E-state index in [-0.39, 0.29) is 5.82 Å². The highest BCUT2D eigenvalue weighted by atomic mass is 19.1. The quantitative estimate of drug-likeness (QED) is 0.826. The predicted molar refractivity (Wildman–Crippen MR) is 66.1 cm³/mol. The number of halogens is 1. The Bertz CT molecular complexity index is 337. The number of hydrogen-bond donors (Lipinski definition) is 1. The highest BCUT2D eigenvalue weighted by Crippen LogP contribution is 2.19. The molecular weight excluding hydrogens is 203 g/mol. The molecule has 2 nitrogen and oxygen atoms in total. The van der Waals surface area contributed by atoms with Gasteiger partial charge in [-0.2, -0.15) is 0 Å². The topological polar surface area (TPSA) is 15.3 Å². The average molecular weight is 224 g/mol. The molecule has 0 aromatic heterocycles. The van der Waals surface area contributed by atoms with E-state index < -0.39 is 0 Å². The van der Waals surface area contributed by atoms with Crippen LogP contribution in [0.1, 0.15) is 23.6 Å². The van der Waals surface area contributed by atoms with Crippen molar-refractivity contribution >= 4 is 0 Å². The van der Waals surface area contributed by atoms with Gasteiger partial charge < -0.3 is 10.2 Å². The molecule has 1 unspecified atom stereocenters. The zero-order chi connectivity index (χ0) is 12.1. The summed E-state index contributed by atoms with van der Waals surface area (Å²) in [6.07, 6.45) is 1.02. The van der Waals surface area contributed by atoms with Crippen LogP contribution < -0.4 is 5.32 Å². The molecular formula is C13H21FN2. The van der Waals surface area contributed by atoms with Crippen LogP contribution in [0.5, 0.6) is 0 Å². The summed E-state index contributed by atoms with van der Waals surface area (Å²) in [4.78, 5) is 2.15. The maximum absolute atomic E-state index is 13.2. The lowest BCUT2D eigenvalue weighted by atomic mass is 10.0. The number of aryl methyl sites for hydroxylation is 1. The Kier molecular flexibility index (Phi) is 4.90. The highest BCUT2D eigenvalue weighted by molar-refractivity contribution is 5.26. The molecule has 0 amide bonds. The molecule has 0 radical (unpaired) electrons. The number of nitrogens with one attached hydrogen (secondary N) is 1. The van der Waals surface area contributed by atoms with Crippen LogP contribution in [-0.2, 0) is 0 Å². The highest BCUT2D eigenvalue weighted by Gasteiger charge is 2.10. The largest absolute Gasteiger partial charge is 0.313 e. The molecule has 0 heterocycles. The predicted octanol–water partition coefficient (Wildman–Crippen LogP) is 2.35. The average Bonchev–Trinajstić information content (AvgIpc) is 2.23. The van der Waals surface area contributed by atoms with Crippen LogP contribution >= 0.6 is 0 Å². The molecule has 0 aliphatic heterocycles. The number of benzene rings is 1. The van der Waals surface area contributed by atoms with Crippen LogP contribution in [0.3, 0.4) is 0 Å². The van der Waals surface area contributed by atoms with E-state index >= 15 is 0 Å². The Morgan fingerprint density at radius 2 is 2.06 bits per heavy atom. The van der Waals surface area contributed by atoms with Gasteiger partial charge in [-0.3, -0.25) is 0 Å². The van der Waals surface area contributed by atoms with Crippen molar-refractivity contribution in [3.05, 3.63) is 35.1 Å². The van der Waals surface area contributed by atoms with Crippen molar-refractivity contribution < 1.29 is 4.39 Å². The first-order valence-corrected chi connectivity index (χ1v) is 5.62. The molecule has 90 valence electrons. The van der Waals surface area contributed by atoms with Crippen LogP contribution in [0.25, 0.3) is 0 Å². The Morgan fingerprint density at radius 3 is 2.56 bits per heavy atom. The second-order valence-electron chi connectivity index (χ2n) is 4.44. The molecule has 1 rings (SSSR count). The van der Waals surface area contributed by atoms with Crippen LogP contribution in [-0.4, -0.2) is 32.6 Å². The summed E-state index contributed by atoms with van der Waals surface area (Å²) in [6.45, 7) is 2.82. The third-order valence-corrected chi connectivity index (χ3v) is 2.80. The summed E-state index contributed by atoms with van der Waals surface area (Å²) in [5.74, 6) is -0.133. The molecule has 0 aliphatic rings. The first kappa shape index (κ1) is 13.1. The summed E-state index contributed by atoms with van der Waals surface area (Å²) in [5, 5.41) is 3.27. The van der Waals surface area contributed by atoms with E-state index in [2.05, 4.69) is 24.3 Å². The summed E-state index contributed by atoms with van der Waals surface area (Å²) in [5.41, 5.74) is 1.87.